The van der Waals surface area contributed by atoms with Crippen LogP contribution in [0.1, 0.15) is 15.9 Å². The number of benzene rings is 2. The average molecular weight is 397 g/mol. The topological polar surface area (TPSA) is 66.8 Å². The van der Waals surface area contributed by atoms with E-state index in [1.165, 1.54) is 28.8 Å². The Kier molecular flexibility index (Phi) is 5.73. The summed E-state index contributed by atoms with van der Waals surface area (Å²) in [6, 6.07) is 13.4. The van der Waals surface area contributed by atoms with Gasteiger partial charge in [0.2, 0.25) is 0 Å². The standard InChI is InChI=1S/C20H15NO4S2/c1-2-11-25-16-9-3-13(4-10-16)12-17-18(22)21(20(26)27-17)15-7-5-14(6-8-15)19(23)24/h2-10,12H,1,11H2,(H,23,24)/b17-12+. The Labute approximate surface area is 165 Å². The van der Waals surface area contributed by atoms with E-state index in [0.717, 1.165) is 11.3 Å². The van der Waals surface area contributed by atoms with Gasteiger partial charge in [-0.1, -0.05) is 48.8 Å². The fraction of sp³-hybridized carbons (Fsp3) is 0.0500. The maximum atomic E-state index is 12.7. The minimum absolute atomic E-state index is 0.151. The second-order valence-corrected chi connectivity index (χ2v) is 7.21. The van der Waals surface area contributed by atoms with Crippen LogP contribution in [-0.4, -0.2) is 27.9 Å². The summed E-state index contributed by atoms with van der Waals surface area (Å²) in [5, 5.41) is 8.99. The van der Waals surface area contributed by atoms with E-state index < -0.39 is 5.97 Å². The zero-order valence-electron chi connectivity index (χ0n) is 14.1. The molecule has 1 amide bonds. The molecule has 5 nitrogen and oxygen atoms in total. The molecule has 0 aromatic heterocycles. The molecule has 2 aromatic rings. The fourth-order valence-corrected chi connectivity index (χ4v) is 3.71. The highest BCUT2D eigenvalue weighted by atomic mass is 32.2. The van der Waals surface area contributed by atoms with Gasteiger partial charge in [0.15, 0.2) is 4.32 Å². The zero-order valence-corrected chi connectivity index (χ0v) is 15.8. The molecule has 136 valence electrons. The number of rotatable bonds is 6. The number of hydrogen-bond acceptors (Lipinski definition) is 5. The summed E-state index contributed by atoms with van der Waals surface area (Å²) < 4.78 is 5.84. The van der Waals surface area contributed by atoms with Gasteiger partial charge < -0.3 is 9.84 Å². The van der Waals surface area contributed by atoms with Crippen molar-refractivity contribution < 1.29 is 19.4 Å². The van der Waals surface area contributed by atoms with Crippen molar-refractivity contribution >= 4 is 51.9 Å². The van der Waals surface area contributed by atoms with E-state index in [1.807, 2.05) is 24.3 Å². The second kappa shape index (κ2) is 8.20. The van der Waals surface area contributed by atoms with E-state index in [1.54, 1.807) is 24.3 Å². The van der Waals surface area contributed by atoms with Crippen molar-refractivity contribution in [1.82, 2.24) is 0 Å². The molecule has 0 spiro atoms. The van der Waals surface area contributed by atoms with Crippen LogP contribution in [0.3, 0.4) is 0 Å². The van der Waals surface area contributed by atoms with Gasteiger partial charge in [-0.15, -0.1) is 0 Å². The molecule has 0 atom stereocenters. The van der Waals surface area contributed by atoms with Crippen molar-refractivity contribution in [3.05, 3.63) is 77.2 Å². The number of thiocarbonyl (C=S) groups is 1. The smallest absolute Gasteiger partial charge is 0.335 e. The molecular weight excluding hydrogens is 382 g/mol. The first-order valence-corrected chi connectivity index (χ1v) is 9.17. The van der Waals surface area contributed by atoms with Gasteiger partial charge >= 0.3 is 5.97 Å². The summed E-state index contributed by atoms with van der Waals surface area (Å²) in [6.07, 6.45) is 3.43. The molecule has 1 heterocycles. The number of hydrogen-bond donors (Lipinski definition) is 1. The maximum absolute atomic E-state index is 12.7. The Hall–Kier alpha value is -2.90. The lowest BCUT2D eigenvalue weighted by molar-refractivity contribution is -0.113. The molecule has 1 aliphatic heterocycles. The van der Waals surface area contributed by atoms with E-state index in [9.17, 15) is 9.59 Å². The van der Waals surface area contributed by atoms with Gasteiger partial charge in [-0.25, -0.2) is 4.79 Å². The Morgan fingerprint density at radius 3 is 2.44 bits per heavy atom. The fourth-order valence-electron chi connectivity index (χ4n) is 2.41. The molecule has 1 fully saturated rings. The molecule has 1 saturated heterocycles. The van der Waals surface area contributed by atoms with Gasteiger partial charge in [0.1, 0.15) is 12.4 Å². The molecule has 1 aliphatic rings. The molecule has 27 heavy (non-hydrogen) atoms. The summed E-state index contributed by atoms with van der Waals surface area (Å²) in [4.78, 5) is 25.6. The third-order valence-electron chi connectivity index (χ3n) is 3.71. The number of carbonyl (C=O) groups is 2. The summed E-state index contributed by atoms with van der Waals surface area (Å²) in [6.45, 7) is 4.03. The van der Waals surface area contributed by atoms with Crippen molar-refractivity contribution in [2.24, 2.45) is 0 Å². The van der Waals surface area contributed by atoms with E-state index >= 15 is 0 Å². The maximum Gasteiger partial charge on any atom is 0.335 e. The summed E-state index contributed by atoms with van der Waals surface area (Å²) in [7, 11) is 0. The van der Waals surface area contributed by atoms with Gasteiger partial charge in [0.05, 0.1) is 16.2 Å². The summed E-state index contributed by atoms with van der Waals surface area (Å²) in [5.74, 6) is -0.537. The number of carboxylic acids is 1. The number of carboxylic acid groups (broad SMARTS) is 1. The van der Waals surface area contributed by atoms with Crippen LogP contribution in [0.25, 0.3) is 6.08 Å². The molecule has 0 unspecified atom stereocenters. The van der Waals surface area contributed by atoms with Crippen molar-refractivity contribution in [1.29, 1.82) is 0 Å². The van der Waals surface area contributed by atoms with Gasteiger partial charge in [-0.3, -0.25) is 9.69 Å². The van der Waals surface area contributed by atoms with E-state index in [2.05, 4.69) is 6.58 Å². The van der Waals surface area contributed by atoms with Gasteiger partial charge in [0.25, 0.3) is 5.91 Å². The van der Waals surface area contributed by atoms with Gasteiger partial charge in [0, 0.05) is 0 Å². The number of nitrogens with zero attached hydrogens (tertiary/aromatic N) is 1. The predicted octanol–water partition coefficient (Wildman–Crippen LogP) is 4.36. The number of carbonyl (C=O) groups excluding carboxylic acids is 1. The van der Waals surface area contributed by atoms with Gasteiger partial charge in [-0.2, -0.15) is 0 Å². The molecule has 0 bridgehead atoms. The van der Waals surface area contributed by atoms with Crippen LogP contribution >= 0.6 is 24.0 Å². The van der Waals surface area contributed by atoms with Crippen molar-refractivity contribution in [3.8, 4) is 5.75 Å². The quantitative estimate of drug-likeness (QED) is 0.444. The number of aromatic carboxylic acids is 1. The average Bonchev–Trinajstić information content (AvgIpc) is 2.94. The normalized spacial score (nSPS) is 15.3. The van der Waals surface area contributed by atoms with Crippen molar-refractivity contribution in [2.75, 3.05) is 11.5 Å². The van der Waals surface area contributed by atoms with Crippen LogP contribution in [0.5, 0.6) is 5.75 Å². The third-order valence-corrected chi connectivity index (χ3v) is 5.01. The van der Waals surface area contributed by atoms with Crippen LogP contribution in [-0.2, 0) is 4.79 Å². The van der Waals surface area contributed by atoms with Crippen LogP contribution in [0.15, 0.2) is 66.1 Å². The predicted molar refractivity (Wildman–Crippen MR) is 111 cm³/mol. The minimum atomic E-state index is -1.02. The van der Waals surface area contributed by atoms with Gasteiger partial charge in [-0.05, 0) is 48.0 Å². The van der Waals surface area contributed by atoms with Crippen LogP contribution in [0.4, 0.5) is 5.69 Å². The lowest BCUT2D eigenvalue weighted by atomic mass is 10.2. The monoisotopic (exact) mass is 397 g/mol. The Bertz CT molecular complexity index is 933. The number of thioether (sulfide) groups is 1. The number of amides is 1. The van der Waals surface area contributed by atoms with Crippen LogP contribution in [0, 0.1) is 0 Å². The highest BCUT2D eigenvalue weighted by Crippen LogP contribution is 2.36. The van der Waals surface area contributed by atoms with Crippen molar-refractivity contribution in [3.63, 3.8) is 0 Å². The SMILES string of the molecule is C=CCOc1ccc(/C=C2/SC(=S)N(c3ccc(C(=O)O)cc3)C2=O)cc1. The number of anilines is 1. The first kappa shape index (κ1) is 18.9. The molecule has 2 aromatic carbocycles. The summed E-state index contributed by atoms with van der Waals surface area (Å²) in [5.41, 5.74) is 1.54. The summed E-state index contributed by atoms with van der Waals surface area (Å²) >= 11 is 6.54. The van der Waals surface area contributed by atoms with Crippen LogP contribution in [0.2, 0.25) is 0 Å². The van der Waals surface area contributed by atoms with E-state index in [0.29, 0.717) is 21.5 Å². The third kappa shape index (κ3) is 4.27. The zero-order chi connectivity index (χ0) is 19.4. The molecule has 1 N–H and O–H groups in total. The highest BCUT2D eigenvalue weighted by Gasteiger charge is 2.33. The Morgan fingerprint density at radius 1 is 1.19 bits per heavy atom. The first-order valence-electron chi connectivity index (χ1n) is 7.94. The Morgan fingerprint density at radius 2 is 1.85 bits per heavy atom. The van der Waals surface area contributed by atoms with Crippen molar-refractivity contribution in [2.45, 2.75) is 0 Å². The lowest BCUT2D eigenvalue weighted by Crippen LogP contribution is -2.27. The Balaban J connectivity index is 1.79. The highest BCUT2D eigenvalue weighted by molar-refractivity contribution is 8.27. The molecule has 7 heteroatoms. The van der Waals surface area contributed by atoms with E-state index in [-0.39, 0.29) is 11.5 Å². The molecule has 0 saturated carbocycles. The van der Waals surface area contributed by atoms with Crippen LogP contribution < -0.4 is 9.64 Å². The minimum Gasteiger partial charge on any atom is -0.490 e. The van der Waals surface area contributed by atoms with E-state index in [4.69, 9.17) is 22.1 Å². The first-order chi connectivity index (χ1) is 13.0. The molecule has 0 radical (unpaired) electrons. The lowest BCUT2D eigenvalue weighted by Gasteiger charge is -2.14. The molecular formula is C20H15NO4S2. The molecule has 0 aliphatic carbocycles. The largest absolute Gasteiger partial charge is 0.490 e. The number of ether oxygens (including phenoxy) is 1. The molecule has 3 rings (SSSR count). The second-order valence-electron chi connectivity index (χ2n) is 5.54.